The fourth-order valence-electron chi connectivity index (χ4n) is 2.00. The molecular formula is C16H15ClN2O. The summed E-state index contributed by atoms with van der Waals surface area (Å²) in [6.07, 6.45) is 0. The van der Waals surface area contributed by atoms with Crippen molar-refractivity contribution in [2.24, 2.45) is 0 Å². The molecule has 2 aromatic rings. The van der Waals surface area contributed by atoms with Crippen molar-refractivity contribution in [2.45, 2.75) is 13.5 Å². The molecule has 0 aliphatic rings. The molecule has 0 bridgehead atoms. The van der Waals surface area contributed by atoms with Crippen LogP contribution in [0, 0.1) is 18.3 Å². The average molecular weight is 287 g/mol. The van der Waals surface area contributed by atoms with Gasteiger partial charge >= 0.3 is 0 Å². The molecule has 1 N–H and O–H groups in total. The molecule has 20 heavy (non-hydrogen) atoms. The highest BCUT2D eigenvalue weighted by Gasteiger charge is 2.06. The molecule has 3 nitrogen and oxygen atoms in total. The third-order valence-electron chi connectivity index (χ3n) is 3.08. The Balaban J connectivity index is 2.18. The lowest BCUT2D eigenvalue weighted by atomic mass is 10.1. The van der Waals surface area contributed by atoms with Gasteiger partial charge in [0, 0.05) is 6.54 Å². The Morgan fingerprint density at radius 2 is 2.10 bits per heavy atom. The van der Waals surface area contributed by atoms with Crippen LogP contribution in [0.3, 0.4) is 0 Å². The van der Waals surface area contributed by atoms with Gasteiger partial charge in [0.25, 0.3) is 0 Å². The van der Waals surface area contributed by atoms with Crippen LogP contribution in [0.5, 0.6) is 5.75 Å². The zero-order valence-corrected chi connectivity index (χ0v) is 12.2. The monoisotopic (exact) mass is 286 g/mol. The molecule has 0 saturated carbocycles. The van der Waals surface area contributed by atoms with E-state index in [0.717, 1.165) is 16.8 Å². The number of hydrogen-bond acceptors (Lipinski definition) is 3. The van der Waals surface area contributed by atoms with Crippen LogP contribution in [-0.2, 0) is 6.54 Å². The average Bonchev–Trinajstić information content (AvgIpc) is 2.46. The number of para-hydroxylation sites is 1. The SMILES string of the molecule is COc1ccc(CNc2c(C)cccc2Cl)cc1C#N. The number of halogens is 1. The highest BCUT2D eigenvalue weighted by molar-refractivity contribution is 6.33. The van der Waals surface area contributed by atoms with Gasteiger partial charge in [-0.05, 0) is 36.2 Å². The number of hydrogen-bond donors (Lipinski definition) is 1. The minimum Gasteiger partial charge on any atom is -0.495 e. The number of methoxy groups -OCH3 is 1. The van der Waals surface area contributed by atoms with Crippen LogP contribution in [0.4, 0.5) is 5.69 Å². The fraction of sp³-hybridized carbons (Fsp3) is 0.188. The van der Waals surface area contributed by atoms with Gasteiger partial charge in [-0.3, -0.25) is 0 Å². The maximum Gasteiger partial charge on any atom is 0.136 e. The number of aryl methyl sites for hydroxylation is 1. The van der Waals surface area contributed by atoms with E-state index in [0.29, 0.717) is 22.9 Å². The van der Waals surface area contributed by atoms with Gasteiger partial charge in [0.1, 0.15) is 11.8 Å². The van der Waals surface area contributed by atoms with Crippen molar-refractivity contribution in [1.29, 1.82) is 5.26 Å². The lowest BCUT2D eigenvalue weighted by molar-refractivity contribution is 0.413. The second-order valence-corrected chi connectivity index (χ2v) is 4.84. The number of benzene rings is 2. The molecule has 0 amide bonds. The van der Waals surface area contributed by atoms with E-state index in [1.165, 1.54) is 0 Å². The van der Waals surface area contributed by atoms with Crippen molar-refractivity contribution in [3.8, 4) is 11.8 Å². The zero-order valence-electron chi connectivity index (χ0n) is 11.4. The van der Waals surface area contributed by atoms with E-state index in [1.54, 1.807) is 13.2 Å². The number of nitrogens with one attached hydrogen (secondary N) is 1. The van der Waals surface area contributed by atoms with Gasteiger partial charge in [-0.15, -0.1) is 0 Å². The van der Waals surface area contributed by atoms with Crippen molar-refractivity contribution < 1.29 is 4.74 Å². The van der Waals surface area contributed by atoms with Gasteiger partial charge in [-0.25, -0.2) is 0 Å². The maximum absolute atomic E-state index is 9.08. The van der Waals surface area contributed by atoms with E-state index in [4.69, 9.17) is 21.6 Å². The molecule has 0 aromatic heterocycles. The summed E-state index contributed by atoms with van der Waals surface area (Å²) >= 11 is 6.17. The summed E-state index contributed by atoms with van der Waals surface area (Å²) in [5.74, 6) is 0.588. The van der Waals surface area contributed by atoms with Crippen LogP contribution in [0.25, 0.3) is 0 Å². The van der Waals surface area contributed by atoms with Crippen LogP contribution in [0.15, 0.2) is 36.4 Å². The molecule has 0 unspecified atom stereocenters. The highest BCUT2D eigenvalue weighted by Crippen LogP contribution is 2.26. The van der Waals surface area contributed by atoms with Crippen molar-refractivity contribution in [3.63, 3.8) is 0 Å². The first-order chi connectivity index (χ1) is 9.65. The van der Waals surface area contributed by atoms with Crippen molar-refractivity contribution >= 4 is 17.3 Å². The maximum atomic E-state index is 9.08. The van der Waals surface area contributed by atoms with E-state index in [2.05, 4.69) is 11.4 Å². The van der Waals surface area contributed by atoms with Crippen molar-refractivity contribution in [2.75, 3.05) is 12.4 Å². The van der Waals surface area contributed by atoms with Crippen molar-refractivity contribution in [3.05, 3.63) is 58.1 Å². The molecular weight excluding hydrogens is 272 g/mol. The highest BCUT2D eigenvalue weighted by atomic mass is 35.5. The molecule has 2 aromatic carbocycles. The van der Waals surface area contributed by atoms with E-state index < -0.39 is 0 Å². The largest absolute Gasteiger partial charge is 0.495 e. The van der Waals surface area contributed by atoms with Crippen LogP contribution >= 0.6 is 11.6 Å². The zero-order chi connectivity index (χ0) is 14.5. The van der Waals surface area contributed by atoms with E-state index >= 15 is 0 Å². The van der Waals surface area contributed by atoms with Gasteiger partial charge in [-0.1, -0.05) is 29.8 Å². The first-order valence-corrected chi connectivity index (χ1v) is 6.59. The minimum atomic E-state index is 0.530. The normalized spacial score (nSPS) is 9.90. The third kappa shape index (κ3) is 3.04. The van der Waals surface area contributed by atoms with Gasteiger partial charge in [-0.2, -0.15) is 5.26 Å². The van der Waals surface area contributed by atoms with Crippen LogP contribution < -0.4 is 10.1 Å². The molecule has 2 rings (SSSR count). The summed E-state index contributed by atoms with van der Waals surface area (Å²) in [7, 11) is 1.56. The molecule has 0 radical (unpaired) electrons. The summed E-state index contributed by atoms with van der Waals surface area (Å²) in [5, 5.41) is 13.1. The third-order valence-corrected chi connectivity index (χ3v) is 3.39. The topological polar surface area (TPSA) is 45.0 Å². The van der Waals surface area contributed by atoms with E-state index in [9.17, 15) is 0 Å². The van der Waals surface area contributed by atoms with Gasteiger partial charge in [0.2, 0.25) is 0 Å². The quantitative estimate of drug-likeness (QED) is 0.919. The summed E-state index contributed by atoms with van der Waals surface area (Å²) < 4.78 is 5.13. The Morgan fingerprint density at radius 1 is 1.30 bits per heavy atom. The Kier molecular flexibility index (Phi) is 4.49. The fourth-order valence-corrected chi connectivity index (χ4v) is 2.29. The molecule has 102 valence electrons. The first kappa shape index (κ1) is 14.2. The molecule has 0 atom stereocenters. The lowest BCUT2D eigenvalue weighted by Crippen LogP contribution is -2.02. The predicted molar refractivity (Wildman–Crippen MR) is 81.2 cm³/mol. The number of nitrogens with zero attached hydrogens (tertiary/aromatic N) is 1. The second-order valence-electron chi connectivity index (χ2n) is 4.43. The standard InChI is InChI=1S/C16H15ClN2O/c1-11-4-3-5-14(17)16(11)19-10-12-6-7-15(20-2)13(8-12)9-18/h3-8,19H,10H2,1-2H3. The second kappa shape index (κ2) is 6.31. The lowest BCUT2D eigenvalue weighted by Gasteiger charge is -2.12. The summed E-state index contributed by atoms with van der Waals surface area (Å²) in [6.45, 7) is 2.60. The van der Waals surface area contributed by atoms with E-state index in [-0.39, 0.29) is 0 Å². The molecule has 0 fully saturated rings. The first-order valence-electron chi connectivity index (χ1n) is 6.21. The molecule has 4 heteroatoms. The summed E-state index contributed by atoms with van der Waals surface area (Å²) in [4.78, 5) is 0. The van der Waals surface area contributed by atoms with Gasteiger partial charge in [0.05, 0.1) is 23.4 Å². The van der Waals surface area contributed by atoms with Crippen LogP contribution in [0.1, 0.15) is 16.7 Å². The molecule has 0 spiro atoms. The van der Waals surface area contributed by atoms with Gasteiger partial charge < -0.3 is 10.1 Å². The van der Waals surface area contributed by atoms with Crippen LogP contribution in [0.2, 0.25) is 5.02 Å². The Hall–Kier alpha value is -2.18. The molecule has 0 heterocycles. The van der Waals surface area contributed by atoms with Crippen LogP contribution in [-0.4, -0.2) is 7.11 Å². The number of rotatable bonds is 4. The Morgan fingerprint density at radius 3 is 2.75 bits per heavy atom. The van der Waals surface area contributed by atoms with E-state index in [1.807, 2.05) is 37.3 Å². The minimum absolute atomic E-state index is 0.530. The number of nitriles is 1. The molecule has 0 aliphatic heterocycles. The summed E-state index contributed by atoms with van der Waals surface area (Å²) in [5.41, 5.74) is 3.54. The molecule has 0 saturated heterocycles. The van der Waals surface area contributed by atoms with Gasteiger partial charge in [0.15, 0.2) is 0 Å². The number of anilines is 1. The predicted octanol–water partition coefficient (Wildman–Crippen LogP) is 4.14. The summed E-state index contributed by atoms with van der Waals surface area (Å²) in [6, 6.07) is 13.5. The Bertz CT molecular complexity index is 642. The number of ether oxygens (including phenoxy) is 1. The smallest absolute Gasteiger partial charge is 0.136 e. The Labute approximate surface area is 123 Å². The van der Waals surface area contributed by atoms with Crippen molar-refractivity contribution in [1.82, 2.24) is 0 Å². The molecule has 0 aliphatic carbocycles.